The highest BCUT2D eigenvalue weighted by atomic mass is 16.2. The summed E-state index contributed by atoms with van der Waals surface area (Å²) in [6, 6.07) is 1.79. The topological polar surface area (TPSA) is 46.1 Å². The first-order valence-corrected chi connectivity index (χ1v) is 4.61. The van der Waals surface area contributed by atoms with Crippen LogP contribution in [0.4, 0.5) is 0 Å². The zero-order valence-corrected chi connectivity index (χ0v) is 9.03. The van der Waals surface area contributed by atoms with Crippen molar-refractivity contribution in [1.82, 2.24) is 15.1 Å². The molecule has 0 fully saturated rings. The Morgan fingerprint density at radius 2 is 2.07 bits per heavy atom. The highest BCUT2D eigenvalue weighted by Gasteiger charge is 2.13. The molecule has 0 radical (unpaired) electrons. The largest absolute Gasteiger partial charge is 0.345 e. The SMILES string of the molecule is CCc1nnc(C)cc1C(=O)N(C)C. The molecule has 1 aromatic rings. The molecule has 0 N–H and O–H groups in total. The van der Waals surface area contributed by atoms with E-state index >= 15 is 0 Å². The van der Waals surface area contributed by atoms with E-state index in [4.69, 9.17) is 0 Å². The summed E-state index contributed by atoms with van der Waals surface area (Å²) in [7, 11) is 3.47. The highest BCUT2D eigenvalue weighted by molar-refractivity contribution is 5.94. The number of nitrogens with zero attached hydrogens (tertiary/aromatic N) is 3. The second-order valence-corrected chi connectivity index (χ2v) is 3.40. The molecule has 0 aliphatic heterocycles. The van der Waals surface area contributed by atoms with Crippen LogP contribution in [0.3, 0.4) is 0 Å². The van der Waals surface area contributed by atoms with Crippen LogP contribution in [0.5, 0.6) is 0 Å². The molecule has 0 saturated carbocycles. The lowest BCUT2D eigenvalue weighted by atomic mass is 10.1. The number of amides is 1. The molecule has 1 amide bonds. The maximum absolute atomic E-state index is 11.7. The Morgan fingerprint density at radius 3 is 2.57 bits per heavy atom. The van der Waals surface area contributed by atoms with E-state index in [-0.39, 0.29) is 5.91 Å². The molecule has 0 aliphatic rings. The Kier molecular flexibility index (Phi) is 3.17. The summed E-state index contributed by atoms with van der Waals surface area (Å²) < 4.78 is 0. The number of carbonyl (C=O) groups is 1. The fraction of sp³-hybridized carbons (Fsp3) is 0.500. The number of hydrogen-bond acceptors (Lipinski definition) is 3. The van der Waals surface area contributed by atoms with Crippen LogP contribution in [0, 0.1) is 6.92 Å². The molecule has 0 saturated heterocycles. The molecule has 4 nitrogen and oxygen atoms in total. The number of aryl methyl sites for hydroxylation is 2. The Labute approximate surface area is 84.0 Å². The van der Waals surface area contributed by atoms with E-state index in [1.165, 1.54) is 0 Å². The first-order chi connectivity index (χ1) is 6.56. The van der Waals surface area contributed by atoms with E-state index in [1.54, 1.807) is 25.1 Å². The van der Waals surface area contributed by atoms with E-state index in [0.29, 0.717) is 5.56 Å². The van der Waals surface area contributed by atoms with Crippen molar-refractivity contribution >= 4 is 5.91 Å². The summed E-state index contributed by atoms with van der Waals surface area (Å²) in [5.41, 5.74) is 2.19. The summed E-state index contributed by atoms with van der Waals surface area (Å²) in [6.07, 6.45) is 0.724. The van der Waals surface area contributed by atoms with Crippen molar-refractivity contribution in [3.63, 3.8) is 0 Å². The van der Waals surface area contributed by atoms with E-state index in [0.717, 1.165) is 17.8 Å². The van der Waals surface area contributed by atoms with Gasteiger partial charge in [0.05, 0.1) is 17.0 Å². The second-order valence-electron chi connectivity index (χ2n) is 3.40. The van der Waals surface area contributed by atoms with Gasteiger partial charge in [-0.15, -0.1) is 0 Å². The summed E-state index contributed by atoms with van der Waals surface area (Å²) in [5.74, 6) is -0.0140. The van der Waals surface area contributed by atoms with E-state index in [2.05, 4.69) is 10.2 Å². The van der Waals surface area contributed by atoms with Crippen molar-refractivity contribution in [1.29, 1.82) is 0 Å². The molecule has 0 atom stereocenters. The zero-order chi connectivity index (χ0) is 10.7. The van der Waals surface area contributed by atoms with Crippen LogP contribution in [0.25, 0.3) is 0 Å². The first-order valence-electron chi connectivity index (χ1n) is 4.61. The lowest BCUT2D eigenvalue weighted by Gasteiger charge is -2.12. The number of rotatable bonds is 2. The molecule has 1 heterocycles. The second kappa shape index (κ2) is 4.17. The number of hydrogen-bond donors (Lipinski definition) is 0. The average molecular weight is 193 g/mol. The van der Waals surface area contributed by atoms with Crippen molar-refractivity contribution in [2.45, 2.75) is 20.3 Å². The molecule has 0 aliphatic carbocycles. The number of aromatic nitrogens is 2. The molecule has 0 aromatic carbocycles. The van der Waals surface area contributed by atoms with Crippen LogP contribution >= 0.6 is 0 Å². The average Bonchev–Trinajstić information content (AvgIpc) is 2.16. The molecule has 1 aromatic heterocycles. The van der Waals surface area contributed by atoms with Gasteiger partial charge >= 0.3 is 0 Å². The van der Waals surface area contributed by atoms with Gasteiger partial charge in [-0.1, -0.05) is 6.92 Å². The fourth-order valence-corrected chi connectivity index (χ4v) is 1.20. The molecule has 4 heteroatoms. The summed E-state index contributed by atoms with van der Waals surface area (Å²) in [5, 5.41) is 7.93. The van der Waals surface area contributed by atoms with Gasteiger partial charge in [-0.3, -0.25) is 4.79 Å². The maximum atomic E-state index is 11.7. The lowest BCUT2D eigenvalue weighted by molar-refractivity contribution is 0.0825. The standard InChI is InChI=1S/C10H15N3O/c1-5-9-8(10(14)13(3)4)6-7(2)11-12-9/h6H,5H2,1-4H3. The lowest BCUT2D eigenvalue weighted by Crippen LogP contribution is -2.23. The normalized spacial score (nSPS) is 10.0. The Bertz CT molecular complexity index is 347. The molecular formula is C10H15N3O. The van der Waals surface area contributed by atoms with Crippen molar-refractivity contribution in [2.75, 3.05) is 14.1 Å². The molecule has 0 unspecified atom stereocenters. The quantitative estimate of drug-likeness (QED) is 0.705. The van der Waals surface area contributed by atoms with Gasteiger partial charge < -0.3 is 4.90 Å². The van der Waals surface area contributed by atoms with Gasteiger partial charge in [0.15, 0.2) is 0 Å². The fourth-order valence-electron chi connectivity index (χ4n) is 1.20. The monoisotopic (exact) mass is 193 g/mol. The summed E-state index contributed by atoms with van der Waals surface area (Å²) in [6.45, 7) is 3.80. The predicted octanol–water partition coefficient (Wildman–Crippen LogP) is 1.05. The Hall–Kier alpha value is -1.45. The van der Waals surface area contributed by atoms with Gasteiger partial charge in [0.25, 0.3) is 5.91 Å². The number of carbonyl (C=O) groups excluding carboxylic acids is 1. The smallest absolute Gasteiger partial charge is 0.255 e. The Balaban J connectivity index is 3.17. The van der Waals surface area contributed by atoms with Crippen molar-refractivity contribution in [3.05, 3.63) is 23.0 Å². The third-order valence-corrected chi connectivity index (χ3v) is 1.96. The van der Waals surface area contributed by atoms with Gasteiger partial charge in [0, 0.05) is 14.1 Å². The Morgan fingerprint density at radius 1 is 1.43 bits per heavy atom. The van der Waals surface area contributed by atoms with Crippen molar-refractivity contribution < 1.29 is 4.79 Å². The van der Waals surface area contributed by atoms with Crippen molar-refractivity contribution in [2.24, 2.45) is 0 Å². The van der Waals surface area contributed by atoms with Crippen LogP contribution < -0.4 is 0 Å². The predicted molar refractivity (Wildman–Crippen MR) is 54.2 cm³/mol. The molecule has 0 bridgehead atoms. The minimum absolute atomic E-state index is 0.0140. The van der Waals surface area contributed by atoms with Crippen LogP contribution in [-0.2, 0) is 6.42 Å². The molecular weight excluding hydrogens is 178 g/mol. The summed E-state index contributed by atoms with van der Waals surface area (Å²) >= 11 is 0. The third kappa shape index (κ3) is 2.07. The van der Waals surface area contributed by atoms with Crippen molar-refractivity contribution in [3.8, 4) is 0 Å². The summed E-state index contributed by atoms with van der Waals surface area (Å²) in [4.78, 5) is 13.3. The van der Waals surface area contributed by atoms with Gasteiger partial charge in [-0.25, -0.2) is 0 Å². The minimum atomic E-state index is -0.0140. The van der Waals surface area contributed by atoms with Crippen LogP contribution in [0.15, 0.2) is 6.07 Å². The third-order valence-electron chi connectivity index (χ3n) is 1.96. The highest BCUT2D eigenvalue weighted by Crippen LogP contribution is 2.09. The molecule has 76 valence electrons. The van der Waals surface area contributed by atoms with E-state index < -0.39 is 0 Å². The molecule has 0 spiro atoms. The van der Waals surface area contributed by atoms with Crippen LogP contribution in [0.2, 0.25) is 0 Å². The van der Waals surface area contributed by atoms with Gasteiger partial charge in [-0.2, -0.15) is 10.2 Å². The van der Waals surface area contributed by atoms with Gasteiger partial charge in [0.2, 0.25) is 0 Å². The van der Waals surface area contributed by atoms with E-state index in [1.807, 2.05) is 13.8 Å². The van der Waals surface area contributed by atoms with Crippen LogP contribution in [0.1, 0.15) is 28.7 Å². The first kappa shape index (κ1) is 10.6. The van der Waals surface area contributed by atoms with Gasteiger partial charge in [0.1, 0.15) is 0 Å². The van der Waals surface area contributed by atoms with Crippen LogP contribution in [-0.4, -0.2) is 35.1 Å². The maximum Gasteiger partial charge on any atom is 0.255 e. The molecule has 14 heavy (non-hydrogen) atoms. The van der Waals surface area contributed by atoms with Gasteiger partial charge in [-0.05, 0) is 19.4 Å². The minimum Gasteiger partial charge on any atom is -0.345 e. The zero-order valence-electron chi connectivity index (χ0n) is 9.03. The molecule has 1 rings (SSSR count). The van der Waals surface area contributed by atoms with E-state index in [9.17, 15) is 4.79 Å².